The maximum atomic E-state index is 6.06. The van der Waals surface area contributed by atoms with Gasteiger partial charge in [-0.25, -0.2) is 4.98 Å². The number of alkyl halides is 1. The van der Waals surface area contributed by atoms with Crippen molar-refractivity contribution in [1.82, 2.24) is 9.55 Å². The standard InChI is InChI=1S/C15H19ClN2O/c1-3-15(6-7-15)10-18-13-5-4-11(19-2)8-12(13)17-14(18)9-16/h4-5,8H,3,6-7,9-10H2,1-2H3. The molecule has 0 aliphatic heterocycles. The molecule has 1 aliphatic carbocycles. The minimum absolute atomic E-state index is 0.455. The number of halogens is 1. The molecule has 1 fully saturated rings. The fraction of sp³-hybridized carbons (Fsp3) is 0.533. The number of fused-ring (bicyclic) bond motifs is 1. The number of methoxy groups -OCH3 is 1. The molecule has 0 bridgehead atoms. The van der Waals surface area contributed by atoms with Crippen molar-refractivity contribution in [1.29, 1.82) is 0 Å². The van der Waals surface area contributed by atoms with Gasteiger partial charge in [0.2, 0.25) is 0 Å². The van der Waals surface area contributed by atoms with Gasteiger partial charge in [0, 0.05) is 12.6 Å². The second-order valence-corrected chi connectivity index (χ2v) is 5.72. The van der Waals surface area contributed by atoms with Crippen LogP contribution < -0.4 is 4.74 Å². The zero-order valence-corrected chi connectivity index (χ0v) is 12.2. The summed E-state index contributed by atoms with van der Waals surface area (Å²) in [5.41, 5.74) is 2.62. The second-order valence-electron chi connectivity index (χ2n) is 5.46. The van der Waals surface area contributed by atoms with Crippen LogP contribution in [0.25, 0.3) is 11.0 Å². The van der Waals surface area contributed by atoms with E-state index in [1.807, 2.05) is 12.1 Å². The van der Waals surface area contributed by atoms with Gasteiger partial charge in [0.05, 0.1) is 24.0 Å². The lowest BCUT2D eigenvalue weighted by Crippen LogP contribution is -2.12. The lowest BCUT2D eigenvalue weighted by Gasteiger charge is -2.16. The van der Waals surface area contributed by atoms with E-state index in [4.69, 9.17) is 16.3 Å². The van der Waals surface area contributed by atoms with Crippen molar-refractivity contribution in [3.8, 4) is 5.75 Å². The molecule has 102 valence electrons. The Morgan fingerprint density at radius 1 is 1.42 bits per heavy atom. The van der Waals surface area contributed by atoms with Gasteiger partial charge in [0.1, 0.15) is 11.6 Å². The van der Waals surface area contributed by atoms with E-state index in [0.717, 1.165) is 29.2 Å². The Kier molecular flexibility index (Phi) is 3.17. The molecule has 0 spiro atoms. The molecule has 1 aromatic carbocycles. The van der Waals surface area contributed by atoms with Gasteiger partial charge in [-0.2, -0.15) is 0 Å². The van der Waals surface area contributed by atoms with Gasteiger partial charge < -0.3 is 9.30 Å². The fourth-order valence-electron chi connectivity index (χ4n) is 2.70. The van der Waals surface area contributed by atoms with E-state index in [1.165, 1.54) is 19.3 Å². The summed E-state index contributed by atoms with van der Waals surface area (Å²) in [6, 6.07) is 6.06. The van der Waals surface area contributed by atoms with E-state index in [0.29, 0.717) is 11.3 Å². The molecular weight excluding hydrogens is 260 g/mol. The van der Waals surface area contributed by atoms with Crippen molar-refractivity contribution in [2.24, 2.45) is 5.41 Å². The smallest absolute Gasteiger partial charge is 0.124 e. The molecule has 3 rings (SSSR count). The molecule has 0 unspecified atom stereocenters. The number of hydrogen-bond donors (Lipinski definition) is 0. The largest absolute Gasteiger partial charge is 0.497 e. The average molecular weight is 279 g/mol. The van der Waals surface area contributed by atoms with Crippen molar-refractivity contribution in [3.63, 3.8) is 0 Å². The van der Waals surface area contributed by atoms with Crippen LogP contribution in [0, 0.1) is 5.41 Å². The SMILES string of the molecule is CCC1(Cn2c(CCl)nc3cc(OC)ccc32)CC1. The second kappa shape index (κ2) is 4.71. The van der Waals surface area contributed by atoms with Crippen LogP contribution >= 0.6 is 11.6 Å². The van der Waals surface area contributed by atoms with Gasteiger partial charge >= 0.3 is 0 Å². The summed E-state index contributed by atoms with van der Waals surface area (Å²) in [7, 11) is 1.68. The molecule has 1 saturated carbocycles. The summed E-state index contributed by atoms with van der Waals surface area (Å²) in [6.07, 6.45) is 3.87. The minimum atomic E-state index is 0.455. The molecule has 1 aliphatic rings. The Labute approximate surface area is 118 Å². The van der Waals surface area contributed by atoms with Gasteiger partial charge in [0.15, 0.2) is 0 Å². The van der Waals surface area contributed by atoms with Crippen molar-refractivity contribution >= 4 is 22.6 Å². The van der Waals surface area contributed by atoms with E-state index >= 15 is 0 Å². The molecule has 2 aromatic rings. The highest BCUT2D eigenvalue weighted by atomic mass is 35.5. The third kappa shape index (κ3) is 2.20. The molecule has 1 heterocycles. The number of aromatic nitrogens is 2. The van der Waals surface area contributed by atoms with Gasteiger partial charge in [0.25, 0.3) is 0 Å². The molecule has 0 saturated heterocycles. The summed E-state index contributed by atoms with van der Waals surface area (Å²) < 4.78 is 7.55. The third-order valence-corrected chi connectivity index (χ3v) is 4.59. The van der Waals surface area contributed by atoms with Gasteiger partial charge in [-0.1, -0.05) is 6.92 Å². The molecule has 4 heteroatoms. The predicted molar refractivity (Wildman–Crippen MR) is 77.8 cm³/mol. The number of imidazole rings is 1. The number of hydrogen-bond acceptors (Lipinski definition) is 2. The fourth-order valence-corrected chi connectivity index (χ4v) is 2.90. The molecule has 19 heavy (non-hydrogen) atoms. The topological polar surface area (TPSA) is 27.1 Å². The molecule has 1 aromatic heterocycles. The Morgan fingerprint density at radius 3 is 2.79 bits per heavy atom. The third-order valence-electron chi connectivity index (χ3n) is 4.35. The van der Waals surface area contributed by atoms with Crippen LogP contribution in [-0.4, -0.2) is 16.7 Å². The number of nitrogens with zero attached hydrogens (tertiary/aromatic N) is 2. The van der Waals surface area contributed by atoms with E-state index in [9.17, 15) is 0 Å². The zero-order valence-electron chi connectivity index (χ0n) is 11.4. The summed E-state index contributed by atoms with van der Waals surface area (Å²) in [4.78, 5) is 4.64. The first-order chi connectivity index (χ1) is 9.21. The Hall–Kier alpha value is -1.22. The van der Waals surface area contributed by atoms with Crippen LogP contribution in [0.3, 0.4) is 0 Å². The van der Waals surface area contributed by atoms with Crippen molar-refractivity contribution in [3.05, 3.63) is 24.0 Å². The van der Waals surface area contributed by atoms with Gasteiger partial charge in [-0.05, 0) is 36.8 Å². The Morgan fingerprint density at radius 2 is 2.21 bits per heavy atom. The van der Waals surface area contributed by atoms with Crippen molar-refractivity contribution in [2.45, 2.75) is 38.6 Å². The van der Waals surface area contributed by atoms with E-state index < -0.39 is 0 Å². The van der Waals surface area contributed by atoms with Crippen LogP contribution in [0.4, 0.5) is 0 Å². The lowest BCUT2D eigenvalue weighted by atomic mass is 10.0. The summed E-state index contributed by atoms with van der Waals surface area (Å²) in [6.45, 7) is 3.31. The van der Waals surface area contributed by atoms with Crippen molar-refractivity contribution < 1.29 is 4.74 Å². The first kappa shape index (κ1) is 12.8. The highest BCUT2D eigenvalue weighted by Gasteiger charge is 2.41. The Bertz CT molecular complexity index is 601. The van der Waals surface area contributed by atoms with E-state index in [-0.39, 0.29) is 0 Å². The molecule has 3 nitrogen and oxygen atoms in total. The van der Waals surface area contributed by atoms with Crippen LogP contribution in [0.2, 0.25) is 0 Å². The number of benzene rings is 1. The first-order valence-electron chi connectivity index (χ1n) is 6.80. The molecule has 0 amide bonds. The summed E-state index contributed by atoms with van der Waals surface area (Å²) in [5.74, 6) is 2.26. The van der Waals surface area contributed by atoms with Crippen LogP contribution in [0.1, 0.15) is 32.0 Å². The maximum Gasteiger partial charge on any atom is 0.124 e. The molecule has 0 atom stereocenters. The van der Waals surface area contributed by atoms with Gasteiger partial charge in [-0.15, -0.1) is 11.6 Å². The average Bonchev–Trinajstić information content (AvgIpc) is 3.14. The summed E-state index contributed by atoms with van der Waals surface area (Å²) >= 11 is 6.06. The minimum Gasteiger partial charge on any atom is -0.497 e. The van der Waals surface area contributed by atoms with Crippen molar-refractivity contribution in [2.75, 3.05) is 7.11 Å². The van der Waals surface area contributed by atoms with E-state index in [1.54, 1.807) is 7.11 Å². The highest BCUT2D eigenvalue weighted by molar-refractivity contribution is 6.16. The summed E-state index contributed by atoms with van der Waals surface area (Å²) in [5, 5.41) is 0. The number of rotatable bonds is 5. The number of ether oxygens (including phenoxy) is 1. The van der Waals surface area contributed by atoms with Crippen LogP contribution in [0.5, 0.6) is 5.75 Å². The van der Waals surface area contributed by atoms with Gasteiger partial charge in [-0.3, -0.25) is 0 Å². The maximum absolute atomic E-state index is 6.06. The van der Waals surface area contributed by atoms with Crippen LogP contribution in [0.15, 0.2) is 18.2 Å². The monoisotopic (exact) mass is 278 g/mol. The molecular formula is C15H19ClN2O. The van der Waals surface area contributed by atoms with Crippen LogP contribution in [-0.2, 0) is 12.4 Å². The zero-order chi connectivity index (χ0) is 13.5. The Balaban J connectivity index is 2.06. The quantitative estimate of drug-likeness (QED) is 0.774. The molecule has 0 radical (unpaired) electrons. The van der Waals surface area contributed by atoms with E-state index in [2.05, 4.69) is 22.5 Å². The lowest BCUT2D eigenvalue weighted by molar-refractivity contribution is 0.409. The molecule has 0 N–H and O–H groups in total. The normalized spacial score (nSPS) is 16.8. The predicted octanol–water partition coefficient (Wildman–Crippen LogP) is 3.97. The first-order valence-corrected chi connectivity index (χ1v) is 7.34. The highest BCUT2D eigenvalue weighted by Crippen LogP contribution is 2.50.